The normalized spacial score (nSPS) is 14.6. The number of fused-ring (bicyclic) bond motifs is 8. The number of anilines is 6. The maximum Gasteiger partial charge on any atom is 0.249 e. The Hall–Kier alpha value is -6.99. The molecule has 4 aliphatic heterocycles. The van der Waals surface area contributed by atoms with E-state index in [1.165, 1.54) is 120 Å². The molecule has 0 aliphatic carbocycles. The number of benzene rings is 9. The van der Waals surface area contributed by atoms with Gasteiger partial charge in [0.05, 0.1) is 0 Å². The number of hydrogen-bond donors (Lipinski definition) is 0. The van der Waals surface area contributed by atoms with Crippen LogP contribution in [0.1, 0.15) is 211 Å². The van der Waals surface area contributed by atoms with Crippen molar-refractivity contribution in [1.82, 2.24) is 0 Å². The molecule has 0 aromatic heterocycles. The van der Waals surface area contributed by atoms with Gasteiger partial charge in [-0.3, -0.25) is 0 Å². The first-order valence-corrected chi connectivity index (χ1v) is 35.9. The molecule has 0 fully saturated rings. The molecular weight excluding hydrogens is 1180 g/mol. The summed E-state index contributed by atoms with van der Waals surface area (Å²) in [6.07, 6.45) is 0. The van der Waals surface area contributed by atoms with Gasteiger partial charge < -0.3 is 19.3 Å². The monoisotopic (exact) mass is 1280 g/mol. The second-order valence-electron chi connectivity index (χ2n) is 35.7. The van der Waals surface area contributed by atoms with E-state index in [2.05, 4.69) is 334 Å². The molecule has 0 atom stereocenters. The van der Waals surface area contributed by atoms with Crippen molar-refractivity contribution in [1.29, 1.82) is 0 Å². The average molecular weight is 1280 g/mol. The van der Waals surface area contributed by atoms with Crippen LogP contribution in [0.2, 0.25) is 0 Å². The third-order valence-electron chi connectivity index (χ3n) is 19.9. The van der Waals surface area contributed by atoms with Gasteiger partial charge in [0.2, 0.25) is 13.4 Å². The Bertz CT molecular complexity index is 4180. The summed E-state index contributed by atoms with van der Waals surface area (Å²) in [5.41, 5.74) is 24.8. The molecule has 4 nitrogen and oxygen atoms in total. The molecule has 94 heavy (non-hydrogen) atoms. The summed E-state index contributed by atoms with van der Waals surface area (Å²) in [5.74, 6) is 3.28. The smallest absolute Gasteiger partial charge is 0.249 e. The summed E-state index contributed by atoms with van der Waals surface area (Å²) >= 11 is 3.83. The molecule has 0 N–H and O–H groups in total. The highest BCUT2D eigenvalue weighted by Crippen LogP contribution is 2.52. The van der Waals surface area contributed by atoms with Crippen molar-refractivity contribution in [2.75, 3.05) is 9.80 Å². The van der Waals surface area contributed by atoms with Gasteiger partial charge >= 0.3 is 0 Å². The highest BCUT2D eigenvalue weighted by atomic mass is 32.2. The second-order valence-corrected chi connectivity index (χ2v) is 37.8. The first-order chi connectivity index (χ1) is 43.6. The Kier molecular flexibility index (Phi) is 15.6. The zero-order valence-corrected chi connectivity index (χ0v) is 62.3. The van der Waals surface area contributed by atoms with Crippen LogP contribution in [0.15, 0.2) is 177 Å². The molecule has 0 bridgehead atoms. The third kappa shape index (κ3) is 11.9. The maximum atomic E-state index is 7.08. The minimum absolute atomic E-state index is 0.110. The van der Waals surface area contributed by atoms with Gasteiger partial charge in [0.1, 0.15) is 23.0 Å². The summed E-state index contributed by atoms with van der Waals surface area (Å²) < 4.78 is 14.2. The van der Waals surface area contributed by atoms with Gasteiger partial charge in [-0.1, -0.05) is 267 Å². The van der Waals surface area contributed by atoms with Crippen molar-refractivity contribution < 1.29 is 9.47 Å². The Labute approximate surface area is 573 Å². The first kappa shape index (κ1) is 65.7. The molecule has 9 aromatic rings. The van der Waals surface area contributed by atoms with Gasteiger partial charge in [-0.15, -0.1) is 0 Å². The number of ether oxygens (including phenoxy) is 2. The van der Waals surface area contributed by atoms with Crippen molar-refractivity contribution in [3.8, 4) is 23.0 Å². The molecule has 0 spiro atoms. The van der Waals surface area contributed by atoms with Crippen LogP contribution in [0.25, 0.3) is 0 Å². The van der Waals surface area contributed by atoms with E-state index >= 15 is 0 Å². The minimum Gasteiger partial charge on any atom is -0.457 e. The zero-order chi connectivity index (χ0) is 67.7. The van der Waals surface area contributed by atoms with E-state index < -0.39 is 0 Å². The van der Waals surface area contributed by atoms with Crippen LogP contribution in [0.3, 0.4) is 0 Å². The van der Waals surface area contributed by atoms with E-state index in [0.29, 0.717) is 0 Å². The molecule has 8 heteroatoms. The summed E-state index contributed by atoms with van der Waals surface area (Å²) in [6, 6.07) is 60.6. The lowest BCUT2D eigenvalue weighted by molar-refractivity contribution is 0.481. The van der Waals surface area contributed by atoms with Gasteiger partial charge in [0, 0.05) is 65.8 Å². The number of nitrogens with zero attached hydrogens (tertiary/aromatic N) is 2. The standard InChI is InChI=1S/C86H98B2N2O2S2/c1-79(2,3)51-35-52(80(4,5)6)38-57(37-51)89-67-43-55(83(13,14)15)41-63(85(19,20)21)75(67)87-65-49-66-72(50-71(65)93-73-47-61(45-69(89)77(73)87)91-59-31-27-25-28-32-59)94-74-48-62(92-60-33-29-26-30-34-60)46-70-78(74)88(66)76-64(86(22,23)24)42-56(84(16,17)18)44-68(76)90(70)58-39-53(81(7,8)9)36-54(40-58)82(10,11)12/h25-50H,1-24H3. The largest absolute Gasteiger partial charge is 0.457 e. The summed E-state index contributed by atoms with van der Waals surface area (Å²) in [6.45, 7) is 57.0. The topological polar surface area (TPSA) is 24.9 Å². The summed E-state index contributed by atoms with van der Waals surface area (Å²) in [4.78, 5) is 10.3. The van der Waals surface area contributed by atoms with E-state index in [1.807, 2.05) is 23.5 Å². The molecule has 9 aromatic carbocycles. The third-order valence-corrected chi connectivity index (χ3v) is 22.2. The summed E-state index contributed by atoms with van der Waals surface area (Å²) in [5, 5.41) is 0. The highest BCUT2D eigenvalue weighted by molar-refractivity contribution is 8.01. The fraction of sp³-hybridized carbons (Fsp3) is 0.372. The van der Waals surface area contributed by atoms with E-state index in [0.717, 1.165) is 34.4 Å². The van der Waals surface area contributed by atoms with Crippen molar-refractivity contribution in [2.24, 2.45) is 0 Å². The lowest BCUT2D eigenvalue weighted by Gasteiger charge is -2.45. The SMILES string of the molecule is CC(C)(C)c1cc(N2c3cc(Oc4ccccc4)cc4c3B(c3cc5c(cc3S4)Sc3cc(Oc4ccccc4)cc4c3B5c3c(cc(C(C)(C)C)cc3C(C)(C)C)N4c3cc(C(C)(C)C)cc(C(C)(C)C)c3)c3c2cc(C(C)(C)C)cc3C(C)(C)C)cc(C(C)(C)C)c1. The van der Waals surface area contributed by atoms with E-state index in [1.54, 1.807) is 0 Å². The van der Waals surface area contributed by atoms with Crippen molar-refractivity contribution in [2.45, 2.75) is 229 Å². The van der Waals surface area contributed by atoms with Crippen LogP contribution in [-0.2, 0) is 43.3 Å². The number of hydrogen-bond acceptors (Lipinski definition) is 6. The predicted octanol–water partition coefficient (Wildman–Crippen LogP) is 21.2. The maximum absolute atomic E-state index is 7.08. The van der Waals surface area contributed by atoms with Gasteiger partial charge in [-0.25, -0.2) is 0 Å². The van der Waals surface area contributed by atoms with Crippen LogP contribution in [0.5, 0.6) is 23.0 Å². The van der Waals surface area contributed by atoms with E-state index in [9.17, 15) is 0 Å². The minimum atomic E-state index is -0.230. The van der Waals surface area contributed by atoms with E-state index in [-0.39, 0.29) is 56.7 Å². The average Bonchev–Trinajstić information content (AvgIpc) is 0.692. The fourth-order valence-corrected chi connectivity index (χ4v) is 16.9. The molecule has 13 rings (SSSR count). The van der Waals surface area contributed by atoms with Gasteiger partial charge in [-0.05, 0) is 189 Å². The Morgan fingerprint density at radius 1 is 0.266 bits per heavy atom. The molecular formula is C86H98B2N2O2S2. The predicted molar refractivity (Wildman–Crippen MR) is 409 cm³/mol. The zero-order valence-electron chi connectivity index (χ0n) is 60.7. The van der Waals surface area contributed by atoms with Crippen LogP contribution in [0, 0.1) is 0 Å². The lowest BCUT2D eigenvalue weighted by atomic mass is 9.30. The van der Waals surface area contributed by atoms with Gasteiger partial charge in [0.15, 0.2) is 0 Å². The Morgan fingerprint density at radius 2 is 0.564 bits per heavy atom. The van der Waals surface area contributed by atoms with Crippen molar-refractivity contribution >= 4 is 104 Å². The number of para-hydroxylation sites is 2. The van der Waals surface area contributed by atoms with Crippen LogP contribution >= 0.6 is 23.5 Å². The van der Waals surface area contributed by atoms with Gasteiger partial charge in [-0.2, -0.15) is 0 Å². The van der Waals surface area contributed by atoms with Crippen molar-refractivity contribution in [3.63, 3.8) is 0 Å². The van der Waals surface area contributed by atoms with Crippen molar-refractivity contribution in [3.05, 3.63) is 202 Å². The molecule has 482 valence electrons. The van der Waals surface area contributed by atoms with Crippen LogP contribution in [0.4, 0.5) is 34.1 Å². The molecule has 0 unspecified atom stereocenters. The molecule has 0 amide bonds. The molecule has 0 radical (unpaired) electrons. The van der Waals surface area contributed by atoms with Crippen LogP contribution < -0.4 is 52.1 Å². The molecule has 0 saturated carbocycles. The quantitative estimate of drug-likeness (QED) is 0.154. The fourth-order valence-electron chi connectivity index (χ4n) is 14.4. The first-order valence-electron chi connectivity index (χ1n) is 34.3. The Balaban J connectivity index is 1.15. The molecule has 4 aliphatic rings. The molecule has 0 saturated heterocycles. The second kappa shape index (κ2) is 22.3. The Morgan fingerprint density at radius 3 is 0.862 bits per heavy atom. The number of rotatable bonds is 6. The molecule has 4 heterocycles. The highest BCUT2D eigenvalue weighted by Gasteiger charge is 2.50. The van der Waals surface area contributed by atoms with Gasteiger partial charge in [0.25, 0.3) is 0 Å². The summed E-state index contributed by atoms with van der Waals surface area (Å²) in [7, 11) is 0. The van der Waals surface area contributed by atoms with Crippen LogP contribution in [-0.4, -0.2) is 13.4 Å². The lowest BCUT2D eigenvalue weighted by Crippen LogP contribution is -2.65. The van der Waals surface area contributed by atoms with E-state index in [4.69, 9.17) is 9.47 Å².